The first kappa shape index (κ1) is 13.7. The smallest absolute Gasteiger partial charge is 0.146 e. The standard InChI is InChI=1S/C14H21FN2S/c1-17(7-8-18-2)14-6-3-11(9-13(14)15)10-16-12-4-5-12/h3,6,9,12,16H,4-5,7-8,10H2,1-2H3. The van der Waals surface area contributed by atoms with Gasteiger partial charge in [-0.25, -0.2) is 4.39 Å². The Morgan fingerprint density at radius 3 is 2.83 bits per heavy atom. The minimum Gasteiger partial charge on any atom is -0.371 e. The summed E-state index contributed by atoms with van der Waals surface area (Å²) in [6.07, 6.45) is 4.59. The number of halogens is 1. The second-order valence-corrected chi connectivity index (χ2v) is 5.84. The van der Waals surface area contributed by atoms with Crippen LogP contribution in [0.15, 0.2) is 18.2 Å². The average molecular weight is 268 g/mol. The van der Waals surface area contributed by atoms with Crippen LogP contribution in [0.1, 0.15) is 18.4 Å². The molecule has 1 aromatic rings. The molecule has 2 rings (SSSR count). The highest BCUT2D eigenvalue weighted by Crippen LogP contribution is 2.22. The summed E-state index contributed by atoms with van der Waals surface area (Å²) in [6, 6.07) is 6.22. The number of anilines is 1. The topological polar surface area (TPSA) is 15.3 Å². The van der Waals surface area contributed by atoms with Crippen LogP contribution < -0.4 is 10.2 Å². The molecule has 0 aromatic heterocycles. The molecule has 100 valence electrons. The number of benzene rings is 1. The lowest BCUT2D eigenvalue weighted by Gasteiger charge is -2.20. The summed E-state index contributed by atoms with van der Waals surface area (Å²) in [5, 5.41) is 3.40. The number of rotatable bonds is 7. The highest BCUT2D eigenvalue weighted by Gasteiger charge is 2.20. The molecule has 4 heteroatoms. The molecule has 0 radical (unpaired) electrons. The highest BCUT2D eigenvalue weighted by atomic mass is 32.2. The molecule has 1 aliphatic carbocycles. The van der Waals surface area contributed by atoms with Gasteiger partial charge in [0, 0.05) is 31.9 Å². The van der Waals surface area contributed by atoms with Crippen molar-refractivity contribution in [1.29, 1.82) is 0 Å². The molecular formula is C14H21FN2S. The van der Waals surface area contributed by atoms with Crippen LogP contribution in [0.3, 0.4) is 0 Å². The zero-order valence-corrected chi connectivity index (χ0v) is 11.9. The van der Waals surface area contributed by atoms with Crippen molar-refractivity contribution in [3.63, 3.8) is 0 Å². The van der Waals surface area contributed by atoms with Crippen LogP contribution in [0.4, 0.5) is 10.1 Å². The number of nitrogens with one attached hydrogen (secondary N) is 1. The molecular weight excluding hydrogens is 247 g/mol. The summed E-state index contributed by atoms with van der Waals surface area (Å²) >= 11 is 1.78. The lowest BCUT2D eigenvalue weighted by atomic mass is 10.2. The maximum Gasteiger partial charge on any atom is 0.146 e. The number of hydrogen-bond acceptors (Lipinski definition) is 3. The summed E-state index contributed by atoms with van der Waals surface area (Å²) in [7, 11) is 1.94. The fourth-order valence-electron chi connectivity index (χ4n) is 1.87. The summed E-state index contributed by atoms with van der Waals surface area (Å²) in [5.74, 6) is 0.898. The Hall–Kier alpha value is -0.740. The number of thioether (sulfide) groups is 1. The molecule has 18 heavy (non-hydrogen) atoms. The molecule has 1 N–H and O–H groups in total. The minimum absolute atomic E-state index is 0.117. The van der Waals surface area contributed by atoms with E-state index >= 15 is 0 Å². The Morgan fingerprint density at radius 1 is 1.44 bits per heavy atom. The molecule has 0 saturated heterocycles. The Morgan fingerprint density at radius 2 is 2.22 bits per heavy atom. The maximum atomic E-state index is 14.0. The molecule has 2 nitrogen and oxygen atoms in total. The summed E-state index contributed by atoms with van der Waals surface area (Å²) < 4.78 is 14.0. The highest BCUT2D eigenvalue weighted by molar-refractivity contribution is 7.98. The SMILES string of the molecule is CSCCN(C)c1ccc(CNC2CC2)cc1F. The molecule has 1 aliphatic rings. The van der Waals surface area contributed by atoms with Gasteiger partial charge in [-0.3, -0.25) is 0 Å². The normalized spacial score (nSPS) is 14.8. The first-order chi connectivity index (χ1) is 8.70. The van der Waals surface area contributed by atoms with Gasteiger partial charge in [0.05, 0.1) is 5.69 Å². The first-order valence-corrected chi connectivity index (χ1v) is 7.82. The largest absolute Gasteiger partial charge is 0.371 e. The lowest BCUT2D eigenvalue weighted by Crippen LogP contribution is -2.21. The van der Waals surface area contributed by atoms with Gasteiger partial charge in [0.2, 0.25) is 0 Å². The van der Waals surface area contributed by atoms with Crippen LogP contribution in [0.2, 0.25) is 0 Å². The van der Waals surface area contributed by atoms with Crippen molar-refractivity contribution in [1.82, 2.24) is 5.32 Å². The molecule has 1 fully saturated rings. The Bertz CT molecular complexity index is 393. The van der Waals surface area contributed by atoms with Gasteiger partial charge in [-0.2, -0.15) is 11.8 Å². The summed E-state index contributed by atoms with van der Waals surface area (Å²) in [6.45, 7) is 1.65. The molecule has 0 heterocycles. The van der Waals surface area contributed by atoms with E-state index in [2.05, 4.69) is 11.6 Å². The second kappa shape index (κ2) is 6.43. The second-order valence-electron chi connectivity index (χ2n) is 4.86. The van der Waals surface area contributed by atoms with E-state index in [0.29, 0.717) is 11.7 Å². The van der Waals surface area contributed by atoms with Crippen molar-refractivity contribution in [2.24, 2.45) is 0 Å². The molecule has 1 aromatic carbocycles. The molecule has 1 saturated carbocycles. The van der Waals surface area contributed by atoms with Gasteiger partial charge < -0.3 is 10.2 Å². The van der Waals surface area contributed by atoms with Crippen LogP contribution in [0, 0.1) is 5.82 Å². The van der Waals surface area contributed by atoms with E-state index in [4.69, 9.17) is 0 Å². The third-order valence-corrected chi connectivity index (χ3v) is 3.82. The fraction of sp³-hybridized carbons (Fsp3) is 0.571. The lowest BCUT2D eigenvalue weighted by molar-refractivity contribution is 0.616. The fourth-order valence-corrected chi connectivity index (χ4v) is 2.32. The molecule has 0 atom stereocenters. The molecule has 0 spiro atoms. The van der Waals surface area contributed by atoms with Crippen LogP contribution in [0.25, 0.3) is 0 Å². The van der Waals surface area contributed by atoms with E-state index in [9.17, 15) is 4.39 Å². The number of nitrogens with zero attached hydrogens (tertiary/aromatic N) is 1. The van der Waals surface area contributed by atoms with Crippen molar-refractivity contribution in [2.75, 3.05) is 30.5 Å². The van der Waals surface area contributed by atoms with Gasteiger partial charge in [0.25, 0.3) is 0 Å². The van der Waals surface area contributed by atoms with E-state index in [1.807, 2.05) is 24.1 Å². The van der Waals surface area contributed by atoms with E-state index in [0.717, 1.165) is 24.4 Å². The van der Waals surface area contributed by atoms with Crippen molar-refractivity contribution < 1.29 is 4.39 Å². The van der Waals surface area contributed by atoms with Gasteiger partial charge in [0.1, 0.15) is 5.82 Å². The average Bonchev–Trinajstić information content (AvgIpc) is 3.17. The molecule has 0 aliphatic heterocycles. The van der Waals surface area contributed by atoms with Gasteiger partial charge in [0.15, 0.2) is 0 Å². The van der Waals surface area contributed by atoms with Crippen molar-refractivity contribution in [3.05, 3.63) is 29.6 Å². The van der Waals surface area contributed by atoms with Crippen LogP contribution in [0.5, 0.6) is 0 Å². The van der Waals surface area contributed by atoms with Gasteiger partial charge >= 0.3 is 0 Å². The van der Waals surface area contributed by atoms with E-state index in [1.54, 1.807) is 17.8 Å². The third kappa shape index (κ3) is 3.89. The quantitative estimate of drug-likeness (QED) is 0.818. The molecule has 0 bridgehead atoms. The van der Waals surface area contributed by atoms with Crippen LogP contribution in [-0.2, 0) is 6.54 Å². The van der Waals surface area contributed by atoms with Crippen LogP contribution >= 0.6 is 11.8 Å². The van der Waals surface area contributed by atoms with Gasteiger partial charge in [-0.05, 0) is 36.8 Å². The zero-order valence-electron chi connectivity index (χ0n) is 11.1. The van der Waals surface area contributed by atoms with E-state index in [-0.39, 0.29) is 5.82 Å². The van der Waals surface area contributed by atoms with Crippen molar-refractivity contribution >= 4 is 17.4 Å². The molecule has 0 amide bonds. The van der Waals surface area contributed by atoms with Crippen molar-refractivity contribution in [2.45, 2.75) is 25.4 Å². The minimum atomic E-state index is -0.117. The van der Waals surface area contributed by atoms with E-state index < -0.39 is 0 Å². The van der Waals surface area contributed by atoms with Crippen LogP contribution in [-0.4, -0.2) is 31.6 Å². The Balaban J connectivity index is 1.94. The first-order valence-electron chi connectivity index (χ1n) is 6.42. The van der Waals surface area contributed by atoms with Crippen molar-refractivity contribution in [3.8, 4) is 0 Å². The van der Waals surface area contributed by atoms with E-state index in [1.165, 1.54) is 12.8 Å². The predicted octanol–water partition coefficient (Wildman–Crippen LogP) is 2.88. The Kier molecular flexibility index (Phi) is 4.89. The predicted molar refractivity (Wildman–Crippen MR) is 77.9 cm³/mol. The van der Waals surface area contributed by atoms with Gasteiger partial charge in [-0.15, -0.1) is 0 Å². The number of hydrogen-bond donors (Lipinski definition) is 1. The third-order valence-electron chi connectivity index (χ3n) is 3.23. The zero-order chi connectivity index (χ0) is 13.0. The molecule has 0 unspecified atom stereocenters. The van der Waals surface area contributed by atoms with Gasteiger partial charge in [-0.1, -0.05) is 6.07 Å². The summed E-state index contributed by atoms with van der Waals surface area (Å²) in [5.41, 5.74) is 1.72. The summed E-state index contributed by atoms with van der Waals surface area (Å²) in [4.78, 5) is 1.98. The monoisotopic (exact) mass is 268 g/mol. The maximum absolute atomic E-state index is 14.0. The Labute approximate surface area is 113 Å².